The van der Waals surface area contributed by atoms with Gasteiger partial charge in [0.2, 0.25) is 0 Å². The van der Waals surface area contributed by atoms with Crippen LogP contribution in [0.5, 0.6) is 0 Å². The van der Waals surface area contributed by atoms with Crippen LogP contribution < -0.4 is 0 Å². The Morgan fingerprint density at radius 2 is 1.50 bits per heavy atom. The summed E-state index contributed by atoms with van der Waals surface area (Å²) < 4.78 is 0. The third-order valence-electron chi connectivity index (χ3n) is 2.28. The molecule has 1 rings (SSSR count). The van der Waals surface area contributed by atoms with Gasteiger partial charge >= 0.3 is 35.5 Å². The second-order valence-corrected chi connectivity index (χ2v) is 3.37. The normalized spacial score (nSPS) is 42.7. The summed E-state index contributed by atoms with van der Waals surface area (Å²) >= 11 is 0. The van der Waals surface area contributed by atoms with Gasteiger partial charge in [-0.05, 0) is 0 Å². The number of aliphatic hydroxyl groups excluding tert-OH is 3. The molecule has 0 spiro atoms. The average molecular weight is 216 g/mol. The summed E-state index contributed by atoms with van der Waals surface area (Å²) in [5.74, 6) is -1.50. The van der Waals surface area contributed by atoms with E-state index in [-0.39, 0.29) is 29.6 Å². The molecule has 0 heterocycles. The maximum absolute atomic E-state index is 10.5. The van der Waals surface area contributed by atoms with Crippen LogP contribution in [-0.4, -0.2) is 85.0 Å². The molecule has 1 unspecified atom stereocenters. The zero-order chi connectivity index (χ0) is 10.2. The van der Waals surface area contributed by atoms with Crippen LogP contribution in [0.3, 0.4) is 0 Å². The fourth-order valence-electron chi connectivity index (χ4n) is 1.45. The monoisotopic (exact) mass is 216 g/mol. The first kappa shape index (κ1) is 14.3. The Balaban J connectivity index is 0.00000169. The first-order valence-electron chi connectivity index (χ1n) is 3.87. The van der Waals surface area contributed by atoms with E-state index in [0.29, 0.717) is 0 Å². The Labute approximate surface area is 102 Å². The van der Waals surface area contributed by atoms with Gasteiger partial charge in [-0.3, -0.25) is 0 Å². The molecule has 1 aliphatic carbocycles. The van der Waals surface area contributed by atoms with E-state index >= 15 is 0 Å². The second kappa shape index (κ2) is 4.89. The molecule has 5 N–H and O–H groups in total. The molecule has 0 aliphatic heterocycles. The average Bonchev–Trinajstić information content (AvgIpc) is 2.00. The number of carboxylic acids is 1. The van der Waals surface area contributed by atoms with Gasteiger partial charge in [-0.2, -0.15) is 0 Å². The van der Waals surface area contributed by atoms with Gasteiger partial charge in [0.1, 0.15) is 6.10 Å². The van der Waals surface area contributed by atoms with E-state index in [4.69, 9.17) is 20.4 Å². The van der Waals surface area contributed by atoms with Crippen LogP contribution in [0.4, 0.5) is 0 Å². The van der Waals surface area contributed by atoms with Gasteiger partial charge in [-0.25, -0.2) is 4.79 Å². The molecule has 1 aliphatic rings. The molecule has 78 valence electrons. The first-order chi connectivity index (χ1) is 5.87. The van der Waals surface area contributed by atoms with E-state index in [1.165, 1.54) is 0 Å². The predicted molar refractivity (Wildman–Crippen MR) is 47.0 cm³/mol. The van der Waals surface area contributed by atoms with Crippen molar-refractivity contribution in [3.8, 4) is 0 Å². The fraction of sp³-hybridized carbons (Fsp3) is 0.857. The Kier molecular flexibility index (Phi) is 5.00. The van der Waals surface area contributed by atoms with Crippen LogP contribution in [0.25, 0.3) is 0 Å². The third-order valence-corrected chi connectivity index (χ3v) is 2.28. The second-order valence-electron chi connectivity index (χ2n) is 3.37. The van der Waals surface area contributed by atoms with Crippen molar-refractivity contribution in [3.63, 3.8) is 0 Å². The molecule has 1 saturated carbocycles. The van der Waals surface area contributed by atoms with Crippen molar-refractivity contribution < 1.29 is 30.3 Å². The summed E-state index contributed by atoms with van der Waals surface area (Å²) in [6, 6.07) is 0. The van der Waals surface area contributed by atoms with Crippen molar-refractivity contribution in [2.75, 3.05) is 0 Å². The Morgan fingerprint density at radius 3 is 1.79 bits per heavy atom. The van der Waals surface area contributed by atoms with Crippen molar-refractivity contribution in [3.05, 3.63) is 0 Å². The van der Waals surface area contributed by atoms with Gasteiger partial charge in [0.05, 0.1) is 12.2 Å². The number of carbonyl (C=O) groups is 1. The zero-order valence-electron chi connectivity index (χ0n) is 6.79. The minimum absolute atomic E-state index is 0. The van der Waals surface area contributed by atoms with E-state index in [2.05, 4.69) is 0 Å². The number of rotatable bonds is 1. The molecule has 6 nitrogen and oxygen atoms in total. The predicted octanol–water partition coefficient (Wildman–Crippen LogP) is -2.97. The number of aliphatic hydroxyl groups is 4. The van der Waals surface area contributed by atoms with Crippen molar-refractivity contribution >= 4 is 35.5 Å². The maximum atomic E-state index is 10.5. The molecule has 0 aromatic carbocycles. The summed E-state index contributed by atoms with van der Waals surface area (Å²) in [6.07, 6.45) is -5.16. The van der Waals surface area contributed by atoms with E-state index in [1.807, 2.05) is 0 Å². The molecule has 0 amide bonds. The van der Waals surface area contributed by atoms with Crippen molar-refractivity contribution in [2.24, 2.45) is 0 Å². The number of aliphatic carboxylic acids is 1. The van der Waals surface area contributed by atoms with E-state index in [1.54, 1.807) is 0 Å². The molecular formula is C7H13NaO6. The molecule has 7 heteroatoms. The quantitative estimate of drug-likeness (QED) is 0.299. The van der Waals surface area contributed by atoms with Crippen LogP contribution in [0, 0.1) is 0 Å². The Hall–Kier alpha value is 0.310. The summed E-state index contributed by atoms with van der Waals surface area (Å²) in [5, 5.41) is 45.2. The molecule has 4 atom stereocenters. The van der Waals surface area contributed by atoms with Crippen molar-refractivity contribution in [1.82, 2.24) is 0 Å². The van der Waals surface area contributed by atoms with Gasteiger partial charge in [0.15, 0.2) is 5.60 Å². The summed E-state index contributed by atoms with van der Waals surface area (Å²) in [6.45, 7) is 0. The molecule has 0 saturated heterocycles. The van der Waals surface area contributed by atoms with Crippen LogP contribution in [-0.2, 0) is 4.79 Å². The Morgan fingerprint density at radius 1 is 1.14 bits per heavy atom. The van der Waals surface area contributed by atoms with Crippen LogP contribution in [0.2, 0.25) is 0 Å². The van der Waals surface area contributed by atoms with Crippen LogP contribution >= 0.6 is 0 Å². The number of hydrogen-bond acceptors (Lipinski definition) is 5. The molecule has 0 radical (unpaired) electrons. The summed E-state index contributed by atoms with van der Waals surface area (Å²) in [7, 11) is 0. The van der Waals surface area contributed by atoms with Gasteiger partial charge in [0, 0.05) is 12.8 Å². The summed E-state index contributed by atoms with van der Waals surface area (Å²) in [4.78, 5) is 10.5. The summed E-state index contributed by atoms with van der Waals surface area (Å²) in [5.41, 5.74) is -2.14. The molecule has 0 bridgehead atoms. The molecular weight excluding hydrogens is 203 g/mol. The first-order valence-corrected chi connectivity index (χ1v) is 3.87. The standard InChI is InChI=1S/C7H12O6.Na.H/c8-3-1-7(13,6(11)12)2-4(9)5(3)10;;/h3-5,8-10,13H,1-2H2,(H,11,12);;/t3-,4?,5-,7+;;/m1../s1. The fourth-order valence-corrected chi connectivity index (χ4v) is 1.45. The van der Waals surface area contributed by atoms with Crippen LogP contribution in [0.1, 0.15) is 12.8 Å². The Bertz CT molecular complexity index is 208. The minimum atomic E-state index is -2.14. The third kappa shape index (κ3) is 2.66. The van der Waals surface area contributed by atoms with Crippen molar-refractivity contribution in [1.29, 1.82) is 0 Å². The molecule has 0 aromatic heterocycles. The van der Waals surface area contributed by atoms with Crippen molar-refractivity contribution in [2.45, 2.75) is 36.8 Å². The van der Waals surface area contributed by atoms with E-state index in [0.717, 1.165) is 0 Å². The topological polar surface area (TPSA) is 118 Å². The van der Waals surface area contributed by atoms with Gasteiger partial charge in [-0.1, -0.05) is 0 Å². The number of hydrogen-bond donors (Lipinski definition) is 5. The van der Waals surface area contributed by atoms with E-state index < -0.39 is 42.7 Å². The number of carboxylic acid groups (broad SMARTS) is 1. The molecule has 1 fully saturated rings. The molecule has 0 aromatic rings. The van der Waals surface area contributed by atoms with Crippen LogP contribution in [0.15, 0.2) is 0 Å². The van der Waals surface area contributed by atoms with E-state index in [9.17, 15) is 9.90 Å². The van der Waals surface area contributed by atoms with Gasteiger partial charge < -0.3 is 25.5 Å². The van der Waals surface area contributed by atoms with Gasteiger partial charge in [-0.15, -0.1) is 0 Å². The zero-order valence-corrected chi connectivity index (χ0v) is 6.79. The SMILES string of the molecule is O=C(O)[C@@]1(O)CC(O)[C@H](O)[C@H](O)C1.[NaH]. The van der Waals surface area contributed by atoms with Gasteiger partial charge in [0.25, 0.3) is 0 Å². The molecule has 14 heavy (non-hydrogen) atoms.